The zero-order valence-corrected chi connectivity index (χ0v) is 17.4. The van der Waals surface area contributed by atoms with Crippen molar-refractivity contribution < 1.29 is 0 Å². The van der Waals surface area contributed by atoms with E-state index in [-0.39, 0.29) is 5.41 Å². The van der Waals surface area contributed by atoms with Crippen molar-refractivity contribution in [2.24, 2.45) is 0 Å². The molecule has 0 aliphatic carbocycles. The summed E-state index contributed by atoms with van der Waals surface area (Å²) >= 11 is 1.78. The van der Waals surface area contributed by atoms with Gasteiger partial charge in [-0.25, -0.2) is 0 Å². The molecule has 0 saturated carbocycles. The normalized spacial score (nSPS) is 13.5. The summed E-state index contributed by atoms with van der Waals surface area (Å²) in [6, 6.07) is 11.1. The minimum atomic E-state index is 0.0109. The third-order valence-corrected chi connectivity index (χ3v) is 5.88. The van der Waals surface area contributed by atoms with E-state index < -0.39 is 0 Å². The smallest absolute Gasteiger partial charge is 0.0377 e. The lowest BCUT2D eigenvalue weighted by Crippen LogP contribution is -2.25. The quantitative estimate of drug-likeness (QED) is 0.477. The highest BCUT2D eigenvalue weighted by atomic mass is 32.1. The van der Waals surface area contributed by atoms with Gasteiger partial charge < -0.3 is 10.2 Å². The first-order valence-corrected chi connectivity index (χ1v) is 10.3. The van der Waals surface area contributed by atoms with E-state index in [1.54, 1.807) is 11.3 Å². The lowest BCUT2D eigenvalue weighted by molar-refractivity contribution is 0.487. The van der Waals surface area contributed by atoms with Gasteiger partial charge in [0.1, 0.15) is 0 Å². The number of allylic oxidation sites excluding steroid dienone is 2. The summed E-state index contributed by atoms with van der Waals surface area (Å²) in [7, 11) is 2.01. The van der Waals surface area contributed by atoms with Crippen molar-refractivity contribution in [3.8, 4) is 0 Å². The second kappa shape index (κ2) is 9.63. The summed E-state index contributed by atoms with van der Waals surface area (Å²) in [5, 5.41) is 5.51. The number of rotatable bonds is 10. The molecule has 1 N–H and O–H groups in total. The fourth-order valence-corrected chi connectivity index (χ4v) is 4.12. The summed E-state index contributed by atoms with van der Waals surface area (Å²) in [5.74, 6) is 0. The van der Waals surface area contributed by atoms with Crippen LogP contribution in [0.15, 0.2) is 54.4 Å². The molecule has 2 nitrogen and oxygen atoms in total. The van der Waals surface area contributed by atoms with Crippen LogP contribution >= 0.6 is 11.3 Å². The van der Waals surface area contributed by atoms with E-state index in [1.165, 1.54) is 21.8 Å². The first kappa shape index (κ1) is 20.3. The van der Waals surface area contributed by atoms with E-state index in [2.05, 4.69) is 85.4 Å². The van der Waals surface area contributed by atoms with Crippen LogP contribution in [0.2, 0.25) is 0 Å². The van der Waals surface area contributed by atoms with Gasteiger partial charge in [0.25, 0.3) is 0 Å². The molecule has 26 heavy (non-hydrogen) atoms. The molecule has 140 valence electrons. The number of benzene rings is 1. The van der Waals surface area contributed by atoms with E-state index in [0.717, 1.165) is 25.9 Å². The average molecular weight is 369 g/mol. The lowest BCUT2D eigenvalue weighted by atomic mass is 9.75. The monoisotopic (exact) mass is 368 g/mol. The molecule has 1 aromatic heterocycles. The standard InChI is InChI=1S/C23H32N2S/c1-6-15-23(4,16-9-11-20-12-10-17-26-20)21-18-19(25(7-2)8-3)13-14-22(21)24-5/h6,9-14,17-18,24H,1,7-8,15-16H2,2-5H3/b11-9+. The molecule has 0 aliphatic heterocycles. The van der Waals surface area contributed by atoms with E-state index >= 15 is 0 Å². The van der Waals surface area contributed by atoms with E-state index in [9.17, 15) is 0 Å². The van der Waals surface area contributed by atoms with Crippen LogP contribution in [0.5, 0.6) is 0 Å². The molecule has 2 rings (SSSR count). The van der Waals surface area contributed by atoms with Crippen molar-refractivity contribution in [3.05, 3.63) is 64.9 Å². The molecule has 3 heteroatoms. The van der Waals surface area contributed by atoms with Gasteiger partial charge in [0.2, 0.25) is 0 Å². The van der Waals surface area contributed by atoms with Crippen LogP contribution in [-0.2, 0) is 5.41 Å². The van der Waals surface area contributed by atoms with Crippen molar-refractivity contribution >= 4 is 28.8 Å². The maximum Gasteiger partial charge on any atom is 0.0377 e. The first-order valence-electron chi connectivity index (χ1n) is 9.46. The van der Waals surface area contributed by atoms with Crippen LogP contribution < -0.4 is 10.2 Å². The Bertz CT molecular complexity index is 714. The predicted molar refractivity (Wildman–Crippen MR) is 120 cm³/mol. The van der Waals surface area contributed by atoms with Crippen LogP contribution in [-0.4, -0.2) is 20.1 Å². The van der Waals surface area contributed by atoms with Crippen LogP contribution in [0.1, 0.15) is 44.1 Å². The maximum absolute atomic E-state index is 4.02. The molecule has 1 heterocycles. The Labute approximate surface area is 163 Å². The van der Waals surface area contributed by atoms with E-state index in [1.807, 2.05) is 13.1 Å². The zero-order valence-electron chi connectivity index (χ0n) is 16.6. The average Bonchev–Trinajstić information content (AvgIpc) is 3.16. The molecule has 0 bridgehead atoms. The molecule has 0 spiro atoms. The Hall–Kier alpha value is -2.00. The van der Waals surface area contributed by atoms with Gasteiger partial charge in [0, 0.05) is 41.8 Å². The molecule has 1 atom stereocenters. The number of hydrogen-bond donors (Lipinski definition) is 1. The van der Waals surface area contributed by atoms with Crippen molar-refractivity contribution in [2.75, 3.05) is 30.4 Å². The molecule has 0 fully saturated rings. The number of thiophene rings is 1. The van der Waals surface area contributed by atoms with Gasteiger partial charge in [-0.3, -0.25) is 0 Å². The summed E-state index contributed by atoms with van der Waals surface area (Å²) in [6.45, 7) is 12.8. The highest BCUT2D eigenvalue weighted by Gasteiger charge is 2.27. The third-order valence-electron chi connectivity index (χ3n) is 5.04. The molecule has 0 radical (unpaired) electrons. The first-order chi connectivity index (χ1) is 12.6. The largest absolute Gasteiger partial charge is 0.388 e. The Kier molecular flexibility index (Phi) is 7.52. The van der Waals surface area contributed by atoms with Crippen LogP contribution in [0.4, 0.5) is 11.4 Å². The summed E-state index contributed by atoms with van der Waals surface area (Å²) in [5.41, 5.74) is 3.87. The molecule has 0 aliphatic rings. The van der Waals surface area contributed by atoms with Crippen LogP contribution in [0.3, 0.4) is 0 Å². The van der Waals surface area contributed by atoms with Crippen LogP contribution in [0, 0.1) is 0 Å². The van der Waals surface area contributed by atoms with E-state index in [0.29, 0.717) is 0 Å². The molecular weight excluding hydrogens is 336 g/mol. The lowest BCUT2D eigenvalue weighted by Gasteiger charge is -2.32. The molecule has 1 unspecified atom stereocenters. The van der Waals surface area contributed by atoms with Gasteiger partial charge in [-0.15, -0.1) is 17.9 Å². The SMILES string of the molecule is C=CCC(C)(C/C=C/c1cccs1)c1cc(N(CC)CC)ccc1NC. The van der Waals surface area contributed by atoms with Crippen LogP contribution in [0.25, 0.3) is 6.08 Å². The number of anilines is 2. The maximum atomic E-state index is 4.02. The Morgan fingerprint density at radius 2 is 1.96 bits per heavy atom. The third kappa shape index (κ3) is 4.79. The molecular formula is C23H32N2S. The fourth-order valence-electron chi connectivity index (χ4n) is 3.48. The van der Waals surface area contributed by atoms with Gasteiger partial charge in [-0.05, 0) is 68.0 Å². The van der Waals surface area contributed by atoms with Crippen molar-refractivity contribution in [1.29, 1.82) is 0 Å². The number of nitrogens with one attached hydrogen (secondary N) is 1. The van der Waals surface area contributed by atoms with Crippen molar-refractivity contribution in [3.63, 3.8) is 0 Å². The van der Waals surface area contributed by atoms with Crippen molar-refractivity contribution in [2.45, 2.75) is 39.0 Å². The second-order valence-electron chi connectivity index (χ2n) is 6.83. The summed E-state index contributed by atoms with van der Waals surface area (Å²) in [6.07, 6.45) is 8.51. The van der Waals surface area contributed by atoms with Gasteiger partial charge in [0.05, 0.1) is 0 Å². The van der Waals surface area contributed by atoms with Gasteiger partial charge in [-0.1, -0.05) is 25.1 Å². The Balaban J connectivity index is 2.39. The zero-order chi connectivity index (χ0) is 19.0. The molecule has 0 amide bonds. The van der Waals surface area contributed by atoms with Gasteiger partial charge in [0.15, 0.2) is 0 Å². The Morgan fingerprint density at radius 3 is 2.54 bits per heavy atom. The molecule has 1 aromatic carbocycles. The molecule has 2 aromatic rings. The number of hydrogen-bond acceptors (Lipinski definition) is 3. The minimum Gasteiger partial charge on any atom is -0.388 e. The number of nitrogens with zero attached hydrogens (tertiary/aromatic N) is 1. The van der Waals surface area contributed by atoms with Gasteiger partial charge >= 0.3 is 0 Å². The summed E-state index contributed by atoms with van der Waals surface area (Å²) < 4.78 is 0. The fraction of sp³-hybridized carbons (Fsp3) is 0.391. The predicted octanol–water partition coefficient (Wildman–Crippen LogP) is 6.57. The molecule has 0 saturated heterocycles. The van der Waals surface area contributed by atoms with E-state index in [4.69, 9.17) is 0 Å². The Morgan fingerprint density at radius 1 is 1.19 bits per heavy atom. The highest BCUT2D eigenvalue weighted by Crippen LogP contribution is 2.39. The summed E-state index contributed by atoms with van der Waals surface area (Å²) in [4.78, 5) is 3.70. The minimum absolute atomic E-state index is 0.0109. The van der Waals surface area contributed by atoms with Gasteiger partial charge in [-0.2, -0.15) is 0 Å². The second-order valence-corrected chi connectivity index (χ2v) is 7.81. The topological polar surface area (TPSA) is 15.3 Å². The highest BCUT2D eigenvalue weighted by molar-refractivity contribution is 7.10. The van der Waals surface area contributed by atoms with Crippen molar-refractivity contribution in [1.82, 2.24) is 0 Å².